The minimum Gasteiger partial charge on any atom is -0.469 e. The molecule has 4 atom stereocenters. The lowest BCUT2D eigenvalue weighted by Crippen LogP contribution is -2.39. The van der Waals surface area contributed by atoms with E-state index >= 15 is 0 Å². The Labute approximate surface area is 173 Å². The van der Waals surface area contributed by atoms with Crippen molar-refractivity contribution in [1.82, 2.24) is 0 Å². The van der Waals surface area contributed by atoms with Gasteiger partial charge < -0.3 is 9.47 Å². The van der Waals surface area contributed by atoms with Crippen LogP contribution in [-0.2, 0) is 19.7 Å². The Bertz CT molecular complexity index is 752. The highest BCUT2D eigenvalue weighted by Crippen LogP contribution is 2.57. The van der Waals surface area contributed by atoms with E-state index in [4.69, 9.17) is 4.74 Å². The maximum Gasteiger partial charge on any atom is 0.305 e. The topological polar surface area (TPSA) is 35.5 Å². The molecule has 0 N–H and O–H groups in total. The van der Waals surface area contributed by atoms with E-state index in [0.717, 1.165) is 32.1 Å². The number of benzene rings is 1. The second kappa shape index (κ2) is 10.0. The third-order valence-electron chi connectivity index (χ3n) is 6.34. The van der Waals surface area contributed by atoms with Crippen LogP contribution in [0, 0.1) is 17.7 Å². The average molecular weight is 399 g/mol. The molecule has 29 heavy (non-hydrogen) atoms. The number of halogens is 1. The van der Waals surface area contributed by atoms with Gasteiger partial charge in [0.2, 0.25) is 0 Å². The number of allylic oxidation sites excluding steroid dienone is 4. The molecule has 3 rings (SSSR count). The molecule has 2 bridgehead atoms. The molecule has 0 radical (unpaired) electrons. The molecule has 0 unspecified atom stereocenters. The number of unbranched alkanes of at least 4 members (excludes halogenated alkanes) is 1. The Morgan fingerprint density at radius 3 is 2.83 bits per heavy atom. The van der Waals surface area contributed by atoms with Gasteiger partial charge in [-0.3, -0.25) is 4.79 Å². The van der Waals surface area contributed by atoms with Crippen LogP contribution in [0.3, 0.4) is 0 Å². The molecule has 156 valence electrons. The fourth-order valence-electron chi connectivity index (χ4n) is 4.86. The van der Waals surface area contributed by atoms with Crippen LogP contribution in [0.1, 0.15) is 44.1 Å². The largest absolute Gasteiger partial charge is 0.469 e. The Kier molecular flexibility index (Phi) is 7.43. The van der Waals surface area contributed by atoms with Gasteiger partial charge in [0.1, 0.15) is 5.82 Å². The monoisotopic (exact) mass is 398 g/mol. The molecule has 1 aromatic rings. The van der Waals surface area contributed by atoms with Gasteiger partial charge in [0.15, 0.2) is 0 Å². The van der Waals surface area contributed by atoms with Crippen LogP contribution in [0.15, 0.2) is 61.2 Å². The molecule has 0 spiro atoms. The normalized spacial score (nSPS) is 28.4. The van der Waals surface area contributed by atoms with Gasteiger partial charge in [0.25, 0.3) is 0 Å². The summed E-state index contributed by atoms with van der Waals surface area (Å²) < 4.78 is 24.3. The Morgan fingerprint density at radius 1 is 1.31 bits per heavy atom. The zero-order valence-corrected chi connectivity index (χ0v) is 17.2. The molecule has 2 aliphatic rings. The molecule has 1 saturated heterocycles. The highest BCUT2D eigenvalue weighted by molar-refractivity contribution is 5.69. The molecule has 1 aliphatic heterocycles. The predicted molar refractivity (Wildman–Crippen MR) is 113 cm³/mol. The zero-order chi connectivity index (χ0) is 20.7. The number of rotatable bonds is 10. The van der Waals surface area contributed by atoms with Crippen LogP contribution in [0.4, 0.5) is 4.39 Å². The molecular weight excluding hydrogens is 367 g/mol. The summed E-state index contributed by atoms with van der Waals surface area (Å²) in [5.74, 6) is 0.382. The Balaban J connectivity index is 1.73. The lowest BCUT2D eigenvalue weighted by molar-refractivity contribution is -0.140. The summed E-state index contributed by atoms with van der Waals surface area (Å²) in [5.41, 5.74) is 1.10. The summed E-state index contributed by atoms with van der Waals surface area (Å²) in [6, 6.07) is 6.95. The Morgan fingerprint density at radius 2 is 2.10 bits per heavy atom. The highest BCUT2D eigenvalue weighted by atomic mass is 19.1. The summed E-state index contributed by atoms with van der Waals surface area (Å²) in [5, 5.41) is 0. The number of carbonyl (C=O) groups is 1. The van der Waals surface area contributed by atoms with Gasteiger partial charge in [0.05, 0.1) is 19.8 Å². The minimum atomic E-state index is -0.205. The molecular formula is C25H31FO3. The number of hydrogen-bond donors (Lipinski definition) is 0. The van der Waals surface area contributed by atoms with E-state index in [1.165, 1.54) is 12.7 Å². The van der Waals surface area contributed by atoms with Crippen molar-refractivity contribution < 1.29 is 18.7 Å². The third kappa shape index (κ3) is 4.87. The maximum absolute atomic E-state index is 13.5. The van der Waals surface area contributed by atoms with Crippen molar-refractivity contribution in [3.63, 3.8) is 0 Å². The van der Waals surface area contributed by atoms with E-state index < -0.39 is 0 Å². The molecule has 1 aliphatic carbocycles. The fourth-order valence-corrected chi connectivity index (χ4v) is 4.86. The summed E-state index contributed by atoms with van der Waals surface area (Å²) in [4.78, 5) is 11.2. The molecule has 0 aromatic heterocycles. The van der Waals surface area contributed by atoms with Crippen LogP contribution < -0.4 is 0 Å². The van der Waals surface area contributed by atoms with Crippen LogP contribution >= 0.6 is 0 Å². The van der Waals surface area contributed by atoms with E-state index in [1.807, 2.05) is 18.2 Å². The first-order chi connectivity index (χ1) is 14.1. The molecule has 0 amide bonds. The van der Waals surface area contributed by atoms with Crippen LogP contribution in [0.5, 0.6) is 0 Å². The van der Waals surface area contributed by atoms with Crippen molar-refractivity contribution in [2.24, 2.45) is 11.8 Å². The summed E-state index contributed by atoms with van der Waals surface area (Å²) in [7, 11) is 1.42. The van der Waals surface area contributed by atoms with Gasteiger partial charge in [-0.05, 0) is 55.7 Å². The molecule has 3 nitrogen and oxygen atoms in total. The summed E-state index contributed by atoms with van der Waals surface area (Å²) in [6.07, 6.45) is 15.8. The van der Waals surface area contributed by atoms with Crippen molar-refractivity contribution >= 4 is 5.97 Å². The van der Waals surface area contributed by atoms with Crippen molar-refractivity contribution in [2.45, 2.75) is 50.0 Å². The minimum absolute atomic E-state index is 0.0715. The summed E-state index contributed by atoms with van der Waals surface area (Å²) >= 11 is 0. The van der Waals surface area contributed by atoms with Crippen molar-refractivity contribution in [2.75, 3.05) is 13.7 Å². The van der Waals surface area contributed by atoms with Gasteiger partial charge in [-0.15, -0.1) is 6.58 Å². The second-order valence-corrected chi connectivity index (χ2v) is 8.03. The van der Waals surface area contributed by atoms with Crippen LogP contribution in [0.25, 0.3) is 0 Å². The molecule has 2 fully saturated rings. The van der Waals surface area contributed by atoms with E-state index in [-0.39, 0.29) is 23.3 Å². The summed E-state index contributed by atoms with van der Waals surface area (Å²) in [6.45, 7) is 4.49. The van der Waals surface area contributed by atoms with Crippen molar-refractivity contribution in [1.29, 1.82) is 0 Å². The van der Waals surface area contributed by atoms with Gasteiger partial charge in [0, 0.05) is 17.8 Å². The third-order valence-corrected chi connectivity index (χ3v) is 6.34. The van der Waals surface area contributed by atoms with Crippen LogP contribution in [0.2, 0.25) is 0 Å². The number of carbonyl (C=O) groups excluding carboxylic acids is 1. The predicted octanol–water partition coefficient (Wildman–Crippen LogP) is 5.52. The van der Waals surface area contributed by atoms with Crippen molar-refractivity contribution in [3.05, 3.63) is 72.6 Å². The standard InChI is InChI=1S/C25H31FO3/c1-3-4-7-10-21-22(11-8-5-6-9-12-24(27)28-2)25(17-23(21)29-18-25)19-13-15-20(26)16-14-19/h3,5,7-8,10,13-16,21-23H,1,4,6,9,11-12,17-18H2,2H3/t21-,22-,23-,25-/m0/s1. The second-order valence-electron chi connectivity index (χ2n) is 8.03. The molecule has 4 heteroatoms. The number of hydrogen-bond acceptors (Lipinski definition) is 3. The zero-order valence-electron chi connectivity index (χ0n) is 17.2. The van der Waals surface area contributed by atoms with E-state index in [2.05, 4.69) is 35.6 Å². The first kappa shape index (κ1) is 21.5. The van der Waals surface area contributed by atoms with Gasteiger partial charge >= 0.3 is 5.97 Å². The maximum atomic E-state index is 13.5. The average Bonchev–Trinajstić information content (AvgIpc) is 3.29. The van der Waals surface area contributed by atoms with E-state index in [0.29, 0.717) is 24.9 Å². The Hall–Kier alpha value is -2.20. The van der Waals surface area contributed by atoms with Crippen molar-refractivity contribution in [3.8, 4) is 0 Å². The first-order valence-corrected chi connectivity index (χ1v) is 10.5. The lowest BCUT2D eigenvalue weighted by atomic mass is 9.69. The molecule has 1 aromatic carbocycles. The lowest BCUT2D eigenvalue weighted by Gasteiger charge is -2.38. The van der Waals surface area contributed by atoms with Gasteiger partial charge in [-0.25, -0.2) is 4.39 Å². The fraction of sp³-hybridized carbons (Fsp3) is 0.480. The number of methoxy groups -OCH3 is 1. The first-order valence-electron chi connectivity index (χ1n) is 10.5. The number of esters is 1. The smallest absolute Gasteiger partial charge is 0.305 e. The highest BCUT2D eigenvalue weighted by Gasteiger charge is 2.58. The number of fused-ring (bicyclic) bond motifs is 2. The van der Waals surface area contributed by atoms with Gasteiger partial charge in [-0.1, -0.05) is 42.5 Å². The molecule has 1 saturated carbocycles. The van der Waals surface area contributed by atoms with Gasteiger partial charge in [-0.2, -0.15) is 0 Å². The van der Waals surface area contributed by atoms with Crippen LogP contribution in [-0.4, -0.2) is 25.8 Å². The number of ether oxygens (including phenoxy) is 2. The van der Waals surface area contributed by atoms with E-state index in [9.17, 15) is 9.18 Å². The SMILES string of the molecule is C=CCC=C[C@@H]1[C@@H]2C[C@@](c3ccc(F)cc3)(CO2)[C@H]1CC=CCCCC(=O)OC. The molecule has 1 heterocycles. The van der Waals surface area contributed by atoms with E-state index in [1.54, 1.807) is 12.1 Å². The quantitative estimate of drug-likeness (QED) is 0.296.